The standard InChI is InChI=1S/C22H24ClFN4O2/c1-22(2,3)14-5-7-18-16(10-14)20(27-30-18)21(29)25-19-8-9-28(26-19)12-13-4-6-15(24)11-17(13)23/h4,6,8-9,11,14H,5,7,10,12H2,1-3H3,(H,25,26,29). The predicted molar refractivity (Wildman–Crippen MR) is 112 cm³/mol. The minimum absolute atomic E-state index is 0.156. The van der Waals surface area contributed by atoms with Crippen molar-refractivity contribution < 1.29 is 13.7 Å². The van der Waals surface area contributed by atoms with Gasteiger partial charge in [-0.1, -0.05) is 43.6 Å². The number of halogens is 2. The van der Waals surface area contributed by atoms with Gasteiger partial charge in [-0.3, -0.25) is 9.48 Å². The van der Waals surface area contributed by atoms with E-state index in [1.807, 2.05) is 0 Å². The van der Waals surface area contributed by atoms with Crippen LogP contribution in [0.1, 0.15) is 54.6 Å². The zero-order valence-corrected chi connectivity index (χ0v) is 18.0. The maximum atomic E-state index is 13.2. The average Bonchev–Trinajstić information content (AvgIpc) is 3.29. The molecule has 0 saturated carbocycles. The molecule has 2 aromatic heterocycles. The van der Waals surface area contributed by atoms with E-state index in [0.29, 0.717) is 29.0 Å². The first kappa shape index (κ1) is 20.6. The van der Waals surface area contributed by atoms with Gasteiger partial charge in [-0.25, -0.2) is 4.39 Å². The molecule has 1 aliphatic carbocycles. The highest BCUT2D eigenvalue weighted by atomic mass is 35.5. The number of fused-ring (bicyclic) bond motifs is 1. The van der Waals surface area contributed by atoms with E-state index < -0.39 is 0 Å². The summed E-state index contributed by atoms with van der Waals surface area (Å²) in [5.74, 6) is 0.951. The van der Waals surface area contributed by atoms with E-state index >= 15 is 0 Å². The Labute approximate surface area is 179 Å². The molecule has 0 saturated heterocycles. The van der Waals surface area contributed by atoms with Crippen molar-refractivity contribution in [2.75, 3.05) is 5.32 Å². The van der Waals surface area contributed by atoms with E-state index in [2.05, 4.69) is 36.3 Å². The van der Waals surface area contributed by atoms with Crippen LogP contribution in [0.15, 0.2) is 35.0 Å². The van der Waals surface area contributed by atoms with Crippen molar-refractivity contribution in [1.29, 1.82) is 0 Å². The highest BCUT2D eigenvalue weighted by Crippen LogP contribution is 2.38. The third kappa shape index (κ3) is 4.26. The zero-order valence-electron chi connectivity index (χ0n) is 17.2. The molecule has 0 bridgehead atoms. The largest absolute Gasteiger partial charge is 0.360 e. The fraction of sp³-hybridized carbons (Fsp3) is 0.409. The fourth-order valence-electron chi connectivity index (χ4n) is 3.84. The van der Waals surface area contributed by atoms with Gasteiger partial charge in [0.15, 0.2) is 11.5 Å². The lowest BCUT2D eigenvalue weighted by Crippen LogP contribution is -2.27. The van der Waals surface area contributed by atoms with Crippen molar-refractivity contribution in [2.24, 2.45) is 11.3 Å². The summed E-state index contributed by atoms with van der Waals surface area (Å²) in [5, 5.41) is 11.5. The number of hydrogen-bond acceptors (Lipinski definition) is 4. The van der Waals surface area contributed by atoms with Crippen molar-refractivity contribution in [3.8, 4) is 0 Å². The maximum Gasteiger partial charge on any atom is 0.279 e. The highest BCUT2D eigenvalue weighted by molar-refractivity contribution is 6.31. The Balaban J connectivity index is 1.46. The molecule has 0 fully saturated rings. The van der Waals surface area contributed by atoms with Crippen LogP contribution in [0.2, 0.25) is 5.02 Å². The lowest BCUT2D eigenvalue weighted by Gasteiger charge is -2.33. The van der Waals surface area contributed by atoms with Crippen LogP contribution in [0.5, 0.6) is 0 Å². The SMILES string of the molecule is CC(C)(C)C1CCc2onc(C(=O)Nc3ccn(Cc4ccc(F)cc4Cl)n3)c2C1. The monoisotopic (exact) mass is 430 g/mol. The molecule has 1 aromatic carbocycles. The topological polar surface area (TPSA) is 73.0 Å². The molecule has 1 aliphatic rings. The first-order chi connectivity index (χ1) is 14.2. The summed E-state index contributed by atoms with van der Waals surface area (Å²) in [7, 11) is 0. The number of rotatable bonds is 4. The molecule has 1 N–H and O–H groups in total. The summed E-state index contributed by atoms with van der Waals surface area (Å²) in [4.78, 5) is 12.8. The minimum Gasteiger partial charge on any atom is -0.360 e. The molecule has 1 atom stereocenters. The molecule has 0 aliphatic heterocycles. The lowest BCUT2D eigenvalue weighted by atomic mass is 9.71. The number of nitrogens with zero attached hydrogens (tertiary/aromatic N) is 3. The summed E-state index contributed by atoms with van der Waals surface area (Å²) in [6.45, 7) is 7.02. The van der Waals surface area contributed by atoms with Gasteiger partial charge in [0, 0.05) is 29.3 Å². The Kier molecular flexibility index (Phi) is 5.40. The van der Waals surface area contributed by atoms with E-state index in [0.717, 1.165) is 36.1 Å². The van der Waals surface area contributed by atoms with E-state index in [-0.39, 0.29) is 17.1 Å². The Hall–Kier alpha value is -2.67. The first-order valence-corrected chi connectivity index (χ1v) is 10.3. The molecule has 1 unspecified atom stereocenters. The molecule has 2 heterocycles. The number of benzene rings is 1. The van der Waals surface area contributed by atoms with Crippen molar-refractivity contribution in [2.45, 2.75) is 46.6 Å². The molecule has 30 heavy (non-hydrogen) atoms. The summed E-state index contributed by atoms with van der Waals surface area (Å²) in [6, 6.07) is 5.93. The molecule has 0 radical (unpaired) electrons. The molecular formula is C22H24ClFN4O2. The summed E-state index contributed by atoms with van der Waals surface area (Å²) < 4.78 is 20.3. The second-order valence-corrected chi connectivity index (χ2v) is 9.23. The Morgan fingerprint density at radius 3 is 2.90 bits per heavy atom. The second kappa shape index (κ2) is 7.87. The Morgan fingerprint density at radius 2 is 2.17 bits per heavy atom. The highest BCUT2D eigenvalue weighted by Gasteiger charge is 2.34. The Morgan fingerprint density at radius 1 is 1.37 bits per heavy atom. The number of anilines is 1. The number of hydrogen-bond donors (Lipinski definition) is 1. The average molecular weight is 431 g/mol. The molecule has 0 spiro atoms. The molecule has 1 amide bonds. The third-order valence-electron chi connectivity index (χ3n) is 5.71. The van der Waals surface area contributed by atoms with Crippen molar-refractivity contribution >= 4 is 23.3 Å². The van der Waals surface area contributed by atoms with Crippen molar-refractivity contribution in [3.63, 3.8) is 0 Å². The van der Waals surface area contributed by atoms with Crippen LogP contribution >= 0.6 is 11.6 Å². The molecule has 6 nitrogen and oxygen atoms in total. The smallest absolute Gasteiger partial charge is 0.279 e. The summed E-state index contributed by atoms with van der Waals surface area (Å²) in [6.07, 6.45) is 4.33. The zero-order chi connectivity index (χ0) is 21.5. The van der Waals surface area contributed by atoms with Gasteiger partial charge in [0.2, 0.25) is 0 Å². The number of carbonyl (C=O) groups is 1. The van der Waals surface area contributed by atoms with Crippen LogP contribution in [-0.4, -0.2) is 20.8 Å². The second-order valence-electron chi connectivity index (χ2n) is 8.83. The number of nitrogens with one attached hydrogen (secondary N) is 1. The molecule has 4 rings (SSSR count). The van der Waals surface area contributed by atoms with E-state index in [1.54, 1.807) is 23.0 Å². The van der Waals surface area contributed by atoms with Gasteiger partial charge in [0.05, 0.1) is 6.54 Å². The molecule has 8 heteroatoms. The van der Waals surface area contributed by atoms with Crippen molar-refractivity contribution in [1.82, 2.24) is 14.9 Å². The number of aromatic nitrogens is 3. The third-order valence-corrected chi connectivity index (χ3v) is 6.06. The lowest BCUT2D eigenvalue weighted by molar-refractivity contribution is 0.101. The van der Waals surface area contributed by atoms with Crippen LogP contribution < -0.4 is 5.32 Å². The van der Waals surface area contributed by atoms with Gasteiger partial charge in [-0.05, 0) is 41.9 Å². The first-order valence-electron chi connectivity index (χ1n) is 9.97. The van der Waals surface area contributed by atoms with Gasteiger partial charge >= 0.3 is 0 Å². The van der Waals surface area contributed by atoms with Crippen LogP contribution in [0.3, 0.4) is 0 Å². The number of aryl methyl sites for hydroxylation is 1. The number of amides is 1. The fourth-order valence-corrected chi connectivity index (χ4v) is 4.06. The Bertz CT molecular complexity index is 1080. The van der Waals surface area contributed by atoms with Gasteiger partial charge in [-0.15, -0.1) is 0 Å². The predicted octanol–water partition coefficient (Wildman–Crippen LogP) is 5.12. The number of carbonyl (C=O) groups excluding carboxylic acids is 1. The maximum absolute atomic E-state index is 13.2. The van der Waals surface area contributed by atoms with E-state index in [4.69, 9.17) is 16.1 Å². The quantitative estimate of drug-likeness (QED) is 0.623. The van der Waals surface area contributed by atoms with E-state index in [1.165, 1.54) is 12.1 Å². The van der Waals surface area contributed by atoms with Crippen LogP contribution in [0.4, 0.5) is 10.2 Å². The van der Waals surface area contributed by atoms with Crippen LogP contribution in [0, 0.1) is 17.2 Å². The van der Waals surface area contributed by atoms with Crippen LogP contribution in [-0.2, 0) is 19.4 Å². The van der Waals surface area contributed by atoms with Crippen molar-refractivity contribution in [3.05, 3.63) is 63.9 Å². The van der Waals surface area contributed by atoms with Gasteiger partial charge in [0.25, 0.3) is 5.91 Å². The normalized spacial score (nSPS) is 16.4. The summed E-state index contributed by atoms with van der Waals surface area (Å²) >= 11 is 6.08. The molecular weight excluding hydrogens is 407 g/mol. The van der Waals surface area contributed by atoms with E-state index in [9.17, 15) is 9.18 Å². The molecule has 158 valence electrons. The van der Waals surface area contributed by atoms with Crippen LogP contribution in [0.25, 0.3) is 0 Å². The van der Waals surface area contributed by atoms with Gasteiger partial charge < -0.3 is 9.84 Å². The van der Waals surface area contributed by atoms with Gasteiger partial charge in [0.1, 0.15) is 11.6 Å². The van der Waals surface area contributed by atoms with Gasteiger partial charge in [-0.2, -0.15) is 5.10 Å². The molecule has 3 aromatic rings. The summed E-state index contributed by atoms with van der Waals surface area (Å²) in [5.41, 5.74) is 2.12. The minimum atomic E-state index is -0.387.